The van der Waals surface area contributed by atoms with Crippen LogP contribution in [0, 0.1) is 0 Å². The molecule has 9 heteroatoms. The summed E-state index contributed by atoms with van der Waals surface area (Å²) in [6, 6.07) is 6.88. The van der Waals surface area contributed by atoms with Crippen molar-refractivity contribution in [3.05, 3.63) is 46.8 Å². The van der Waals surface area contributed by atoms with Crippen molar-refractivity contribution in [1.82, 2.24) is 20.4 Å². The third-order valence-electron chi connectivity index (χ3n) is 2.83. The number of aromatic nitrogens is 3. The van der Waals surface area contributed by atoms with E-state index in [2.05, 4.69) is 25.8 Å². The average molecular weight is 350 g/mol. The van der Waals surface area contributed by atoms with Gasteiger partial charge in [0.15, 0.2) is 5.13 Å². The fraction of sp³-hybridized carbons (Fsp3) is 0.143. The molecule has 0 bridgehead atoms. The first-order valence-corrected chi connectivity index (χ1v) is 7.99. The van der Waals surface area contributed by atoms with Crippen LogP contribution in [0.3, 0.4) is 0 Å². The van der Waals surface area contributed by atoms with Gasteiger partial charge in [0.1, 0.15) is 0 Å². The number of carbonyl (C=O) groups excluding carboxylic acids is 1. The zero-order valence-electron chi connectivity index (χ0n) is 11.8. The number of hydrogen-bond acceptors (Lipinski definition) is 6. The number of hydrogen-bond donors (Lipinski definition) is 2. The Kier molecular flexibility index (Phi) is 4.84. The highest BCUT2D eigenvalue weighted by molar-refractivity contribution is 7.13. The second kappa shape index (κ2) is 7.21. The number of rotatable bonds is 5. The minimum Gasteiger partial charge on any atom is -0.339 e. The van der Waals surface area contributed by atoms with Crippen LogP contribution >= 0.6 is 22.9 Å². The topological polar surface area (TPSA) is 92.9 Å². The van der Waals surface area contributed by atoms with Crippen molar-refractivity contribution < 1.29 is 9.32 Å². The Morgan fingerprint density at radius 1 is 1.39 bits per heavy atom. The molecule has 0 unspecified atom stereocenters. The third-order valence-corrected chi connectivity index (χ3v) is 3.75. The maximum atomic E-state index is 11.6. The zero-order valence-corrected chi connectivity index (χ0v) is 13.4. The SMILES string of the molecule is O=C(NCCc1nc(-c2cccc(Cl)c2)no1)Nc1nccs1. The van der Waals surface area contributed by atoms with Gasteiger partial charge in [0, 0.05) is 35.1 Å². The minimum absolute atomic E-state index is 0.325. The quantitative estimate of drug-likeness (QED) is 0.737. The molecule has 2 aromatic heterocycles. The van der Waals surface area contributed by atoms with Crippen LogP contribution in [0.25, 0.3) is 11.4 Å². The van der Waals surface area contributed by atoms with Crippen molar-refractivity contribution in [3.8, 4) is 11.4 Å². The molecule has 0 aliphatic rings. The van der Waals surface area contributed by atoms with E-state index in [-0.39, 0.29) is 6.03 Å². The maximum absolute atomic E-state index is 11.6. The molecule has 0 radical (unpaired) electrons. The van der Waals surface area contributed by atoms with E-state index in [4.69, 9.17) is 16.1 Å². The fourth-order valence-electron chi connectivity index (χ4n) is 1.81. The number of nitrogens with one attached hydrogen (secondary N) is 2. The number of halogens is 1. The van der Waals surface area contributed by atoms with Crippen molar-refractivity contribution in [3.63, 3.8) is 0 Å². The summed E-state index contributed by atoms with van der Waals surface area (Å²) in [5.74, 6) is 0.907. The summed E-state index contributed by atoms with van der Waals surface area (Å²) in [7, 11) is 0. The van der Waals surface area contributed by atoms with E-state index in [9.17, 15) is 4.79 Å². The van der Waals surface area contributed by atoms with Gasteiger partial charge in [-0.15, -0.1) is 11.3 Å². The number of amides is 2. The summed E-state index contributed by atoms with van der Waals surface area (Å²) in [6.45, 7) is 0.369. The molecular weight excluding hydrogens is 338 g/mol. The standard InChI is InChI=1S/C14H12ClN5O2S/c15-10-3-1-2-9(8-10)12-18-11(22-20-12)4-5-16-13(21)19-14-17-6-7-23-14/h1-3,6-8H,4-5H2,(H2,16,17,19,21). The van der Waals surface area contributed by atoms with Gasteiger partial charge in [0.05, 0.1) is 0 Å². The number of benzene rings is 1. The van der Waals surface area contributed by atoms with Crippen molar-refractivity contribution in [1.29, 1.82) is 0 Å². The van der Waals surface area contributed by atoms with Gasteiger partial charge in [-0.25, -0.2) is 9.78 Å². The van der Waals surface area contributed by atoms with Gasteiger partial charge in [-0.2, -0.15) is 4.98 Å². The van der Waals surface area contributed by atoms with E-state index in [1.807, 2.05) is 12.1 Å². The second-order valence-corrected chi connectivity index (χ2v) is 5.82. The van der Waals surface area contributed by atoms with Crippen LogP contribution in [0.1, 0.15) is 5.89 Å². The Labute approximate surface area is 140 Å². The molecule has 0 saturated carbocycles. The zero-order chi connectivity index (χ0) is 16.1. The number of carbonyl (C=O) groups is 1. The summed E-state index contributed by atoms with van der Waals surface area (Å²) in [6.07, 6.45) is 2.05. The highest BCUT2D eigenvalue weighted by atomic mass is 35.5. The Morgan fingerprint density at radius 2 is 2.30 bits per heavy atom. The summed E-state index contributed by atoms with van der Waals surface area (Å²) in [5.41, 5.74) is 0.780. The van der Waals surface area contributed by atoms with E-state index in [1.165, 1.54) is 11.3 Å². The molecule has 118 valence electrons. The van der Waals surface area contributed by atoms with Crippen LogP contribution in [-0.4, -0.2) is 27.7 Å². The minimum atomic E-state index is -0.325. The van der Waals surface area contributed by atoms with Gasteiger partial charge in [-0.1, -0.05) is 28.9 Å². The van der Waals surface area contributed by atoms with E-state index < -0.39 is 0 Å². The molecule has 1 aromatic carbocycles. The van der Waals surface area contributed by atoms with Gasteiger partial charge in [0.25, 0.3) is 0 Å². The molecule has 0 aliphatic heterocycles. The van der Waals surface area contributed by atoms with Crippen LogP contribution in [0.4, 0.5) is 9.93 Å². The molecule has 0 saturated heterocycles. The van der Waals surface area contributed by atoms with E-state index in [0.29, 0.717) is 34.8 Å². The normalized spacial score (nSPS) is 10.5. The van der Waals surface area contributed by atoms with Crippen molar-refractivity contribution >= 4 is 34.1 Å². The first kappa shape index (κ1) is 15.4. The molecule has 0 fully saturated rings. The lowest BCUT2D eigenvalue weighted by Gasteiger charge is -2.02. The average Bonchev–Trinajstić information content (AvgIpc) is 3.19. The second-order valence-electron chi connectivity index (χ2n) is 4.49. The summed E-state index contributed by atoms with van der Waals surface area (Å²) in [5, 5.41) is 12.2. The molecule has 7 nitrogen and oxygen atoms in total. The smallest absolute Gasteiger partial charge is 0.321 e. The summed E-state index contributed by atoms with van der Waals surface area (Å²) in [4.78, 5) is 19.9. The lowest BCUT2D eigenvalue weighted by molar-refractivity contribution is 0.252. The molecule has 0 spiro atoms. The predicted molar refractivity (Wildman–Crippen MR) is 87.6 cm³/mol. The summed E-state index contributed by atoms with van der Waals surface area (Å²) < 4.78 is 5.16. The van der Waals surface area contributed by atoms with Crippen LogP contribution in [0.5, 0.6) is 0 Å². The van der Waals surface area contributed by atoms with Crippen molar-refractivity contribution in [2.75, 3.05) is 11.9 Å². The predicted octanol–water partition coefficient (Wildman–Crippen LogP) is 3.21. The van der Waals surface area contributed by atoms with Gasteiger partial charge in [0.2, 0.25) is 11.7 Å². The molecule has 3 rings (SSSR count). The van der Waals surface area contributed by atoms with Crippen molar-refractivity contribution in [2.45, 2.75) is 6.42 Å². The molecule has 2 amide bonds. The molecule has 2 N–H and O–H groups in total. The number of anilines is 1. The van der Waals surface area contributed by atoms with E-state index in [0.717, 1.165) is 5.56 Å². The number of urea groups is 1. The number of thiazole rings is 1. The first-order chi connectivity index (χ1) is 11.2. The first-order valence-electron chi connectivity index (χ1n) is 6.73. The maximum Gasteiger partial charge on any atom is 0.321 e. The van der Waals surface area contributed by atoms with Crippen molar-refractivity contribution in [2.24, 2.45) is 0 Å². The molecule has 23 heavy (non-hydrogen) atoms. The highest BCUT2D eigenvalue weighted by Crippen LogP contribution is 2.19. The molecule has 2 heterocycles. The van der Waals surface area contributed by atoms with Crippen LogP contribution in [0.15, 0.2) is 40.4 Å². The molecule has 3 aromatic rings. The Balaban J connectivity index is 1.50. The Hall–Kier alpha value is -2.45. The van der Waals surface area contributed by atoms with E-state index in [1.54, 1.807) is 23.7 Å². The molecule has 0 atom stereocenters. The lowest BCUT2D eigenvalue weighted by atomic mass is 10.2. The lowest BCUT2D eigenvalue weighted by Crippen LogP contribution is -2.30. The van der Waals surface area contributed by atoms with Crippen LogP contribution in [-0.2, 0) is 6.42 Å². The fourth-order valence-corrected chi connectivity index (χ4v) is 2.52. The molecular formula is C14H12ClN5O2S. The Bertz CT molecular complexity index is 790. The van der Waals surface area contributed by atoms with E-state index >= 15 is 0 Å². The van der Waals surface area contributed by atoms with Gasteiger partial charge >= 0.3 is 6.03 Å². The van der Waals surface area contributed by atoms with Gasteiger partial charge < -0.3 is 9.84 Å². The largest absolute Gasteiger partial charge is 0.339 e. The number of nitrogens with zero attached hydrogens (tertiary/aromatic N) is 3. The summed E-state index contributed by atoms with van der Waals surface area (Å²) >= 11 is 7.28. The van der Waals surface area contributed by atoms with Gasteiger partial charge in [-0.05, 0) is 12.1 Å². The van der Waals surface area contributed by atoms with Crippen LogP contribution < -0.4 is 10.6 Å². The highest BCUT2D eigenvalue weighted by Gasteiger charge is 2.09. The Morgan fingerprint density at radius 3 is 3.09 bits per heavy atom. The van der Waals surface area contributed by atoms with Crippen LogP contribution in [0.2, 0.25) is 5.02 Å². The third kappa shape index (κ3) is 4.27. The monoisotopic (exact) mass is 349 g/mol. The molecule has 0 aliphatic carbocycles. The van der Waals surface area contributed by atoms with Gasteiger partial charge in [-0.3, -0.25) is 5.32 Å².